The molecule has 130 valence electrons. The highest BCUT2D eigenvalue weighted by molar-refractivity contribution is 7.15. The van der Waals surface area contributed by atoms with Crippen molar-refractivity contribution in [1.82, 2.24) is 20.4 Å². The number of hydrogen-bond donors (Lipinski definition) is 1. The first-order chi connectivity index (χ1) is 12.1. The van der Waals surface area contributed by atoms with E-state index < -0.39 is 0 Å². The SMILES string of the molecule is CC(C)Cc1nnc(NC(=O)CCc2nnc(-c3ccccc3)o2)s1. The van der Waals surface area contributed by atoms with Crippen LogP contribution in [0.15, 0.2) is 34.7 Å². The van der Waals surface area contributed by atoms with Gasteiger partial charge in [-0.1, -0.05) is 43.4 Å². The number of benzene rings is 1. The highest BCUT2D eigenvalue weighted by atomic mass is 32.1. The Hall–Kier alpha value is -2.61. The van der Waals surface area contributed by atoms with Crippen molar-refractivity contribution in [2.45, 2.75) is 33.1 Å². The molecule has 0 aliphatic carbocycles. The van der Waals surface area contributed by atoms with E-state index >= 15 is 0 Å². The lowest BCUT2D eigenvalue weighted by Gasteiger charge is -1.99. The molecule has 1 amide bonds. The van der Waals surface area contributed by atoms with E-state index in [-0.39, 0.29) is 12.3 Å². The first kappa shape index (κ1) is 17.2. The monoisotopic (exact) mass is 357 g/mol. The van der Waals surface area contributed by atoms with Crippen LogP contribution in [0.25, 0.3) is 11.5 Å². The Labute approximate surface area is 149 Å². The summed E-state index contributed by atoms with van der Waals surface area (Å²) in [5.41, 5.74) is 0.859. The summed E-state index contributed by atoms with van der Waals surface area (Å²) >= 11 is 1.41. The Balaban J connectivity index is 1.51. The Bertz CT molecular complexity index is 828. The quantitative estimate of drug-likeness (QED) is 0.697. The fraction of sp³-hybridized carbons (Fsp3) is 0.353. The van der Waals surface area contributed by atoms with Gasteiger partial charge in [0.15, 0.2) is 0 Å². The van der Waals surface area contributed by atoms with Gasteiger partial charge in [-0.15, -0.1) is 20.4 Å². The van der Waals surface area contributed by atoms with Crippen LogP contribution in [0.1, 0.15) is 31.2 Å². The molecule has 0 spiro atoms. The van der Waals surface area contributed by atoms with Crippen LogP contribution in [0.4, 0.5) is 5.13 Å². The Kier molecular flexibility index (Phi) is 5.49. The van der Waals surface area contributed by atoms with Crippen molar-refractivity contribution < 1.29 is 9.21 Å². The Morgan fingerprint density at radius 3 is 2.72 bits per heavy atom. The highest BCUT2D eigenvalue weighted by Crippen LogP contribution is 2.19. The predicted octanol–water partition coefficient (Wildman–Crippen LogP) is 3.36. The summed E-state index contributed by atoms with van der Waals surface area (Å²) in [6.45, 7) is 4.24. The van der Waals surface area contributed by atoms with Crippen LogP contribution in [-0.2, 0) is 17.6 Å². The molecule has 0 atom stereocenters. The minimum atomic E-state index is -0.147. The van der Waals surface area contributed by atoms with E-state index in [4.69, 9.17) is 4.42 Å². The molecule has 1 N–H and O–H groups in total. The van der Waals surface area contributed by atoms with E-state index in [1.165, 1.54) is 11.3 Å². The van der Waals surface area contributed by atoms with Crippen LogP contribution < -0.4 is 5.32 Å². The zero-order valence-corrected chi connectivity index (χ0v) is 14.9. The van der Waals surface area contributed by atoms with Gasteiger partial charge in [0.25, 0.3) is 0 Å². The molecule has 25 heavy (non-hydrogen) atoms. The molecule has 0 aliphatic heterocycles. The summed E-state index contributed by atoms with van der Waals surface area (Å²) in [6.07, 6.45) is 1.48. The van der Waals surface area contributed by atoms with E-state index in [2.05, 4.69) is 39.6 Å². The number of hydrogen-bond acceptors (Lipinski definition) is 7. The molecule has 2 aromatic heterocycles. The number of carbonyl (C=O) groups excluding carboxylic acids is 1. The van der Waals surface area contributed by atoms with Gasteiger partial charge < -0.3 is 9.73 Å². The van der Waals surface area contributed by atoms with Gasteiger partial charge in [0.05, 0.1) is 0 Å². The van der Waals surface area contributed by atoms with Crippen LogP contribution in [0, 0.1) is 5.92 Å². The molecule has 0 saturated heterocycles. The third-order valence-corrected chi connectivity index (χ3v) is 4.21. The summed E-state index contributed by atoms with van der Waals surface area (Å²) in [5, 5.41) is 20.3. The third-order valence-electron chi connectivity index (χ3n) is 3.35. The average Bonchev–Trinajstić information content (AvgIpc) is 3.23. The molecular formula is C17H19N5O2S. The first-order valence-electron chi connectivity index (χ1n) is 8.10. The molecule has 8 heteroatoms. The summed E-state index contributed by atoms with van der Waals surface area (Å²) < 4.78 is 5.59. The standard InChI is InChI=1S/C17H19N5O2S/c1-11(2)10-15-20-22-17(25-15)18-13(23)8-9-14-19-21-16(24-14)12-6-4-3-5-7-12/h3-7,11H,8-10H2,1-2H3,(H,18,22,23). The topological polar surface area (TPSA) is 93.8 Å². The Morgan fingerprint density at radius 2 is 1.96 bits per heavy atom. The van der Waals surface area contributed by atoms with E-state index in [0.717, 1.165) is 17.0 Å². The minimum absolute atomic E-state index is 0.147. The first-order valence-corrected chi connectivity index (χ1v) is 8.92. The van der Waals surface area contributed by atoms with Crippen LogP contribution in [0.2, 0.25) is 0 Å². The maximum atomic E-state index is 12.0. The van der Waals surface area contributed by atoms with Crippen molar-refractivity contribution in [3.8, 4) is 11.5 Å². The van der Waals surface area contributed by atoms with Gasteiger partial charge in [0.2, 0.25) is 22.8 Å². The fourth-order valence-electron chi connectivity index (χ4n) is 2.19. The molecule has 2 heterocycles. The molecular weight excluding hydrogens is 338 g/mol. The van der Waals surface area contributed by atoms with Crippen molar-refractivity contribution in [3.05, 3.63) is 41.2 Å². The third kappa shape index (κ3) is 4.93. The zero-order chi connectivity index (χ0) is 17.6. The van der Waals surface area contributed by atoms with Gasteiger partial charge >= 0.3 is 0 Å². The molecule has 0 fully saturated rings. The Morgan fingerprint density at radius 1 is 1.16 bits per heavy atom. The second kappa shape index (κ2) is 7.98. The maximum absolute atomic E-state index is 12.0. The average molecular weight is 357 g/mol. The van der Waals surface area contributed by atoms with Crippen molar-refractivity contribution in [2.24, 2.45) is 5.92 Å². The minimum Gasteiger partial charge on any atom is -0.421 e. The molecule has 0 saturated carbocycles. The van der Waals surface area contributed by atoms with E-state index in [1.807, 2.05) is 30.3 Å². The number of aromatic nitrogens is 4. The van der Waals surface area contributed by atoms with Gasteiger partial charge in [-0.2, -0.15) is 0 Å². The van der Waals surface area contributed by atoms with Gasteiger partial charge in [-0.05, 0) is 18.1 Å². The lowest BCUT2D eigenvalue weighted by molar-refractivity contribution is -0.116. The lowest BCUT2D eigenvalue weighted by Crippen LogP contribution is -2.12. The number of nitrogens with zero attached hydrogens (tertiary/aromatic N) is 4. The normalized spacial score (nSPS) is 11.0. The maximum Gasteiger partial charge on any atom is 0.247 e. The molecule has 0 aliphatic rings. The number of nitrogens with one attached hydrogen (secondary N) is 1. The van der Waals surface area contributed by atoms with Crippen molar-refractivity contribution in [1.29, 1.82) is 0 Å². The number of rotatable bonds is 7. The molecule has 3 aromatic rings. The number of amides is 1. The smallest absolute Gasteiger partial charge is 0.247 e. The summed E-state index contributed by atoms with van der Waals surface area (Å²) in [4.78, 5) is 12.0. The fourth-order valence-corrected chi connectivity index (χ4v) is 3.16. The summed E-state index contributed by atoms with van der Waals surface area (Å²) in [5.74, 6) is 1.25. The number of anilines is 1. The summed E-state index contributed by atoms with van der Waals surface area (Å²) in [7, 11) is 0. The highest BCUT2D eigenvalue weighted by Gasteiger charge is 2.12. The van der Waals surface area contributed by atoms with Gasteiger partial charge in [0, 0.05) is 24.8 Å². The van der Waals surface area contributed by atoms with Crippen LogP contribution in [0.5, 0.6) is 0 Å². The molecule has 7 nitrogen and oxygen atoms in total. The van der Waals surface area contributed by atoms with Gasteiger partial charge in [-0.3, -0.25) is 4.79 Å². The van der Waals surface area contributed by atoms with Crippen molar-refractivity contribution in [2.75, 3.05) is 5.32 Å². The van der Waals surface area contributed by atoms with E-state index in [0.29, 0.717) is 29.3 Å². The van der Waals surface area contributed by atoms with Crippen molar-refractivity contribution >= 4 is 22.4 Å². The number of aryl methyl sites for hydroxylation is 1. The molecule has 0 radical (unpaired) electrons. The van der Waals surface area contributed by atoms with E-state index in [9.17, 15) is 4.79 Å². The molecule has 1 aromatic carbocycles. The molecule has 3 rings (SSSR count). The largest absolute Gasteiger partial charge is 0.421 e. The van der Waals surface area contributed by atoms with Gasteiger partial charge in [0.1, 0.15) is 5.01 Å². The van der Waals surface area contributed by atoms with Crippen LogP contribution >= 0.6 is 11.3 Å². The van der Waals surface area contributed by atoms with Gasteiger partial charge in [-0.25, -0.2) is 0 Å². The van der Waals surface area contributed by atoms with Crippen molar-refractivity contribution in [3.63, 3.8) is 0 Å². The second-order valence-electron chi connectivity index (χ2n) is 6.01. The zero-order valence-electron chi connectivity index (χ0n) is 14.1. The molecule has 0 unspecified atom stereocenters. The lowest BCUT2D eigenvalue weighted by atomic mass is 10.1. The van der Waals surface area contributed by atoms with E-state index in [1.54, 1.807) is 0 Å². The summed E-state index contributed by atoms with van der Waals surface area (Å²) in [6, 6.07) is 9.53. The van der Waals surface area contributed by atoms with Crippen LogP contribution in [-0.4, -0.2) is 26.3 Å². The molecule has 0 bridgehead atoms. The number of carbonyl (C=O) groups is 1. The van der Waals surface area contributed by atoms with Crippen LogP contribution in [0.3, 0.4) is 0 Å². The predicted molar refractivity (Wildman–Crippen MR) is 95.1 cm³/mol. The second-order valence-corrected chi connectivity index (χ2v) is 7.08.